The maximum absolute atomic E-state index is 4.49. The largest absolute Gasteiger partial charge is 0.343 e. The zero-order valence-corrected chi connectivity index (χ0v) is 14.6. The molecule has 0 aliphatic carbocycles. The summed E-state index contributed by atoms with van der Waals surface area (Å²) in [6.07, 6.45) is 20.3. The minimum Gasteiger partial charge on any atom is -0.343 e. The second kappa shape index (κ2) is 11.0. The Bertz CT molecular complexity index is 519. The van der Waals surface area contributed by atoms with Crippen LogP contribution in [0.2, 0.25) is 0 Å². The molecule has 3 nitrogen and oxygen atoms in total. The van der Waals surface area contributed by atoms with Crippen molar-refractivity contribution in [2.45, 2.75) is 77.6 Å². The molecule has 0 saturated carbocycles. The van der Waals surface area contributed by atoms with E-state index in [0.717, 1.165) is 17.9 Å². The molecule has 2 aromatic rings. The molecule has 126 valence electrons. The van der Waals surface area contributed by atoms with E-state index in [4.69, 9.17) is 0 Å². The van der Waals surface area contributed by atoms with E-state index in [1.54, 1.807) is 6.20 Å². The van der Waals surface area contributed by atoms with E-state index in [1.165, 1.54) is 69.8 Å². The first-order valence-electron chi connectivity index (χ1n) is 9.35. The van der Waals surface area contributed by atoms with Gasteiger partial charge in [-0.25, -0.2) is 4.98 Å². The van der Waals surface area contributed by atoms with Crippen molar-refractivity contribution in [3.05, 3.63) is 36.3 Å². The van der Waals surface area contributed by atoms with Crippen LogP contribution >= 0.6 is 0 Å². The molecule has 2 rings (SSSR count). The van der Waals surface area contributed by atoms with Gasteiger partial charge in [0.1, 0.15) is 5.69 Å². The molecule has 2 aromatic heterocycles. The standard InChI is InChI=1S/C20H31N3/c1-2-3-4-5-6-7-8-9-10-11-13-18-14-12-15-21-19(18)20-22-16-17-23-20/h12,14-17H,2-11,13H2,1H3,(H,22,23). The predicted octanol–water partition coefficient (Wildman–Crippen LogP) is 5.94. The van der Waals surface area contributed by atoms with Gasteiger partial charge in [0.15, 0.2) is 5.82 Å². The molecule has 0 aliphatic heterocycles. The summed E-state index contributed by atoms with van der Waals surface area (Å²) in [5, 5.41) is 0. The predicted molar refractivity (Wildman–Crippen MR) is 97.4 cm³/mol. The molecule has 0 aromatic carbocycles. The van der Waals surface area contributed by atoms with Gasteiger partial charge in [0.2, 0.25) is 0 Å². The molecule has 0 fully saturated rings. The lowest BCUT2D eigenvalue weighted by molar-refractivity contribution is 0.556. The molecule has 0 atom stereocenters. The van der Waals surface area contributed by atoms with E-state index in [2.05, 4.69) is 27.9 Å². The molecule has 23 heavy (non-hydrogen) atoms. The van der Waals surface area contributed by atoms with Crippen molar-refractivity contribution in [1.82, 2.24) is 15.0 Å². The van der Waals surface area contributed by atoms with Crippen molar-refractivity contribution in [3.8, 4) is 11.5 Å². The van der Waals surface area contributed by atoms with E-state index in [9.17, 15) is 0 Å². The number of hydrogen-bond acceptors (Lipinski definition) is 2. The Morgan fingerprint density at radius 2 is 1.52 bits per heavy atom. The van der Waals surface area contributed by atoms with Crippen molar-refractivity contribution in [2.75, 3.05) is 0 Å². The van der Waals surface area contributed by atoms with Gasteiger partial charge in [-0.15, -0.1) is 0 Å². The lowest BCUT2D eigenvalue weighted by Gasteiger charge is -2.06. The smallest absolute Gasteiger partial charge is 0.156 e. The third kappa shape index (κ3) is 6.55. The number of imidazole rings is 1. The molecule has 0 saturated heterocycles. The summed E-state index contributed by atoms with van der Waals surface area (Å²) in [5.41, 5.74) is 2.32. The van der Waals surface area contributed by atoms with E-state index in [-0.39, 0.29) is 0 Å². The van der Waals surface area contributed by atoms with Crippen LogP contribution in [0.5, 0.6) is 0 Å². The van der Waals surface area contributed by atoms with E-state index in [0.29, 0.717) is 0 Å². The second-order valence-electron chi connectivity index (χ2n) is 6.38. The van der Waals surface area contributed by atoms with Gasteiger partial charge in [0.05, 0.1) is 0 Å². The fraction of sp³-hybridized carbons (Fsp3) is 0.600. The van der Waals surface area contributed by atoms with Crippen LogP contribution in [0.4, 0.5) is 0 Å². The summed E-state index contributed by atoms with van der Waals surface area (Å²) in [7, 11) is 0. The zero-order valence-electron chi connectivity index (χ0n) is 14.6. The average Bonchev–Trinajstić information content (AvgIpc) is 3.11. The Morgan fingerprint density at radius 3 is 2.17 bits per heavy atom. The molecule has 2 heterocycles. The highest BCUT2D eigenvalue weighted by Crippen LogP contribution is 2.19. The molecule has 0 bridgehead atoms. The van der Waals surface area contributed by atoms with Crippen LogP contribution in [0.25, 0.3) is 11.5 Å². The van der Waals surface area contributed by atoms with E-state index >= 15 is 0 Å². The highest BCUT2D eigenvalue weighted by molar-refractivity contribution is 5.54. The Labute approximate surface area is 141 Å². The highest BCUT2D eigenvalue weighted by Gasteiger charge is 2.07. The fourth-order valence-electron chi connectivity index (χ4n) is 3.05. The van der Waals surface area contributed by atoms with Crippen LogP contribution in [-0.2, 0) is 6.42 Å². The third-order valence-corrected chi connectivity index (χ3v) is 4.41. The zero-order chi connectivity index (χ0) is 16.2. The summed E-state index contributed by atoms with van der Waals surface area (Å²) in [6, 6.07) is 4.21. The first-order chi connectivity index (χ1) is 11.4. The third-order valence-electron chi connectivity index (χ3n) is 4.41. The van der Waals surface area contributed by atoms with Crippen LogP contribution in [-0.4, -0.2) is 15.0 Å². The molecule has 0 radical (unpaired) electrons. The summed E-state index contributed by atoms with van der Waals surface area (Å²) >= 11 is 0. The number of H-pyrrole nitrogens is 1. The van der Waals surface area contributed by atoms with Gasteiger partial charge in [0.25, 0.3) is 0 Å². The number of aromatic nitrogens is 3. The van der Waals surface area contributed by atoms with Crippen LogP contribution in [0, 0.1) is 0 Å². The van der Waals surface area contributed by atoms with Crippen molar-refractivity contribution in [3.63, 3.8) is 0 Å². The Hall–Kier alpha value is -1.64. The molecule has 1 N–H and O–H groups in total. The summed E-state index contributed by atoms with van der Waals surface area (Å²) in [6.45, 7) is 2.28. The molecule has 3 heteroatoms. The van der Waals surface area contributed by atoms with Crippen molar-refractivity contribution in [1.29, 1.82) is 0 Å². The lowest BCUT2D eigenvalue weighted by Crippen LogP contribution is -1.95. The molecule has 0 aliphatic rings. The van der Waals surface area contributed by atoms with Gasteiger partial charge in [0, 0.05) is 18.6 Å². The van der Waals surface area contributed by atoms with Crippen molar-refractivity contribution < 1.29 is 0 Å². The highest BCUT2D eigenvalue weighted by atomic mass is 14.9. The Morgan fingerprint density at radius 1 is 0.826 bits per heavy atom. The molecule has 0 unspecified atom stereocenters. The molecule has 0 spiro atoms. The van der Waals surface area contributed by atoms with E-state index in [1.807, 2.05) is 18.5 Å². The van der Waals surface area contributed by atoms with E-state index < -0.39 is 0 Å². The Balaban J connectivity index is 1.60. The number of unbranched alkanes of at least 4 members (excludes halogenated alkanes) is 9. The van der Waals surface area contributed by atoms with Crippen LogP contribution < -0.4 is 0 Å². The van der Waals surface area contributed by atoms with Gasteiger partial charge >= 0.3 is 0 Å². The molecular weight excluding hydrogens is 282 g/mol. The normalized spacial score (nSPS) is 11.0. The summed E-state index contributed by atoms with van der Waals surface area (Å²) in [5.74, 6) is 0.882. The minimum atomic E-state index is 0.882. The monoisotopic (exact) mass is 313 g/mol. The SMILES string of the molecule is CCCCCCCCCCCCc1cccnc1-c1ncc[nH]1. The fourth-order valence-corrected chi connectivity index (χ4v) is 3.05. The van der Waals surface area contributed by atoms with Gasteiger partial charge in [-0.2, -0.15) is 0 Å². The minimum absolute atomic E-state index is 0.882. The molecule has 0 amide bonds. The van der Waals surface area contributed by atoms with Crippen LogP contribution in [0.3, 0.4) is 0 Å². The average molecular weight is 313 g/mol. The number of nitrogens with zero attached hydrogens (tertiary/aromatic N) is 2. The topological polar surface area (TPSA) is 41.6 Å². The second-order valence-corrected chi connectivity index (χ2v) is 6.38. The number of pyridine rings is 1. The maximum atomic E-state index is 4.49. The maximum Gasteiger partial charge on any atom is 0.156 e. The van der Waals surface area contributed by atoms with Crippen LogP contribution in [0.1, 0.15) is 76.7 Å². The van der Waals surface area contributed by atoms with Gasteiger partial charge in [-0.05, 0) is 24.5 Å². The quantitative estimate of drug-likeness (QED) is 0.493. The number of hydrogen-bond donors (Lipinski definition) is 1. The van der Waals surface area contributed by atoms with Gasteiger partial charge < -0.3 is 4.98 Å². The number of aryl methyl sites for hydroxylation is 1. The molecular formula is C20H31N3. The first-order valence-corrected chi connectivity index (χ1v) is 9.35. The number of aromatic amines is 1. The lowest BCUT2D eigenvalue weighted by atomic mass is 10.0. The van der Waals surface area contributed by atoms with Crippen molar-refractivity contribution in [2.24, 2.45) is 0 Å². The Kier molecular flexibility index (Phi) is 8.46. The first kappa shape index (κ1) is 17.7. The number of rotatable bonds is 12. The van der Waals surface area contributed by atoms with Gasteiger partial charge in [-0.3, -0.25) is 4.98 Å². The van der Waals surface area contributed by atoms with Gasteiger partial charge in [-0.1, -0.05) is 70.8 Å². The van der Waals surface area contributed by atoms with Crippen molar-refractivity contribution >= 4 is 0 Å². The number of nitrogens with one attached hydrogen (secondary N) is 1. The summed E-state index contributed by atoms with van der Waals surface area (Å²) < 4.78 is 0. The van der Waals surface area contributed by atoms with Crippen LogP contribution in [0.15, 0.2) is 30.7 Å². The summed E-state index contributed by atoms with van der Waals surface area (Å²) in [4.78, 5) is 12.0.